The summed E-state index contributed by atoms with van der Waals surface area (Å²) in [6.07, 6.45) is 2.83. The first-order valence-corrected chi connectivity index (χ1v) is 8.25. The van der Waals surface area contributed by atoms with Crippen LogP contribution in [-0.2, 0) is 4.79 Å². The minimum absolute atomic E-state index is 0.0124. The van der Waals surface area contributed by atoms with Crippen LogP contribution in [0.4, 0.5) is 0 Å². The van der Waals surface area contributed by atoms with Gasteiger partial charge >= 0.3 is 0 Å². The van der Waals surface area contributed by atoms with Crippen molar-refractivity contribution in [1.29, 1.82) is 0 Å². The van der Waals surface area contributed by atoms with Crippen molar-refractivity contribution in [2.75, 3.05) is 0 Å². The molecule has 6 heteroatoms. The van der Waals surface area contributed by atoms with Gasteiger partial charge in [-0.25, -0.2) is 0 Å². The van der Waals surface area contributed by atoms with Gasteiger partial charge in [0.2, 0.25) is 5.91 Å². The van der Waals surface area contributed by atoms with Crippen LogP contribution in [0.3, 0.4) is 0 Å². The summed E-state index contributed by atoms with van der Waals surface area (Å²) in [5.74, 6) is -0.199. The average molecular weight is 326 g/mol. The molecule has 0 aliphatic carbocycles. The lowest BCUT2D eigenvalue weighted by atomic mass is 9.92. The predicted molar refractivity (Wildman–Crippen MR) is 90.4 cm³/mol. The Balaban J connectivity index is 1.76. The fourth-order valence-corrected chi connectivity index (χ4v) is 2.92. The van der Waals surface area contributed by atoms with Crippen molar-refractivity contribution in [3.8, 4) is 0 Å². The van der Waals surface area contributed by atoms with Crippen molar-refractivity contribution >= 4 is 11.8 Å². The fourth-order valence-electron chi connectivity index (χ4n) is 2.92. The van der Waals surface area contributed by atoms with E-state index < -0.39 is 0 Å². The number of nitrogens with one attached hydrogen (secondary N) is 2. The summed E-state index contributed by atoms with van der Waals surface area (Å²) in [6, 6.07) is 11.3. The van der Waals surface area contributed by atoms with Crippen molar-refractivity contribution in [3.05, 3.63) is 53.9 Å². The van der Waals surface area contributed by atoms with Gasteiger partial charge in [-0.15, -0.1) is 0 Å². The number of benzene rings is 1. The Morgan fingerprint density at radius 3 is 2.71 bits per heavy atom. The second kappa shape index (κ2) is 6.86. The molecule has 1 aliphatic rings. The monoisotopic (exact) mass is 326 g/mol. The van der Waals surface area contributed by atoms with Crippen LogP contribution in [0.1, 0.15) is 54.8 Å². The number of piperidine rings is 1. The van der Waals surface area contributed by atoms with Crippen molar-refractivity contribution in [2.45, 2.75) is 44.8 Å². The molecule has 1 saturated heterocycles. The van der Waals surface area contributed by atoms with Crippen LogP contribution in [0, 0.1) is 0 Å². The molecule has 1 aromatic carbocycles. The van der Waals surface area contributed by atoms with Crippen LogP contribution in [-0.4, -0.2) is 27.6 Å². The van der Waals surface area contributed by atoms with E-state index in [1.54, 1.807) is 16.9 Å². The Kier molecular flexibility index (Phi) is 4.64. The van der Waals surface area contributed by atoms with E-state index in [-0.39, 0.29) is 29.9 Å². The summed E-state index contributed by atoms with van der Waals surface area (Å²) < 4.78 is 1.76. The van der Waals surface area contributed by atoms with Crippen molar-refractivity contribution in [1.82, 2.24) is 20.4 Å². The fraction of sp³-hybridized carbons (Fsp3) is 0.389. The van der Waals surface area contributed by atoms with E-state index in [9.17, 15) is 9.59 Å². The molecule has 2 amide bonds. The van der Waals surface area contributed by atoms with Crippen LogP contribution >= 0.6 is 0 Å². The predicted octanol–water partition coefficient (Wildman–Crippen LogP) is 2.21. The van der Waals surface area contributed by atoms with Gasteiger partial charge in [0.25, 0.3) is 5.91 Å². The molecule has 24 heavy (non-hydrogen) atoms. The van der Waals surface area contributed by atoms with E-state index >= 15 is 0 Å². The van der Waals surface area contributed by atoms with Gasteiger partial charge in [0.1, 0.15) is 5.69 Å². The number of hydrogen-bond acceptors (Lipinski definition) is 3. The highest BCUT2D eigenvalue weighted by atomic mass is 16.2. The summed E-state index contributed by atoms with van der Waals surface area (Å²) in [5.41, 5.74) is 1.39. The van der Waals surface area contributed by atoms with Crippen LogP contribution in [0.25, 0.3) is 0 Å². The maximum absolute atomic E-state index is 12.5. The third-order valence-electron chi connectivity index (χ3n) is 4.25. The molecule has 0 radical (unpaired) electrons. The maximum Gasteiger partial charge on any atom is 0.272 e. The second-order valence-electron chi connectivity index (χ2n) is 6.35. The normalized spacial score (nSPS) is 20.7. The van der Waals surface area contributed by atoms with Crippen molar-refractivity contribution in [3.63, 3.8) is 0 Å². The number of carbonyl (C=O) groups excluding carboxylic acids is 2. The Morgan fingerprint density at radius 2 is 2.04 bits per heavy atom. The summed E-state index contributed by atoms with van der Waals surface area (Å²) in [6.45, 7) is 4.02. The van der Waals surface area contributed by atoms with E-state index in [1.165, 1.54) is 0 Å². The zero-order valence-corrected chi connectivity index (χ0v) is 13.9. The Morgan fingerprint density at radius 1 is 1.29 bits per heavy atom. The second-order valence-corrected chi connectivity index (χ2v) is 6.35. The maximum atomic E-state index is 12.5. The highest BCUT2D eigenvalue weighted by Gasteiger charge is 2.31. The first kappa shape index (κ1) is 16.2. The zero-order valence-electron chi connectivity index (χ0n) is 13.9. The first-order chi connectivity index (χ1) is 11.5. The van der Waals surface area contributed by atoms with Gasteiger partial charge in [-0.1, -0.05) is 30.3 Å². The van der Waals surface area contributed by atoms with Gasteiger partial charge in [-0.3, -0.25) is 14.3 Å². The number of carbonyl (C=O) groups is 2. The standard InChI is InChI=1S/C18H22N4O2/c1-12(2)22-11-10-15(21-22)18(24)19-14-8-9-16(23)20-17(14)13-6-4-3-5-7-13/h3-7,10-12,14,17H,8-9H2,1-2H3,(H,19,24)(H,20,23)/t14-,17+/m1/s1. The molecule has 2 N–H and O–H groups in total. The lowest BCUT2D eigenvalue weighted by Gasteiger charge is -2.33. The highest BCUT2D eigenvalue weighted by molar-refractivity contribution is 5.92. The molecule has 126 valence electrons. The lowest BCUT2D eigenvalue weighted by molar-refractivity contribution is -0.123. The summed E-state index contributed by atoms with van der Waals surface area (Å²) in [5, 5.41) is 10.3. The SMILES string of the molecule is CC(C)n1ccc(C(=O)N[C@@H]2CCC(=O)N[C@H]2c2ccccc2)n1. The summed E-state index contributed by atoms with van der Waals surface area (Å²) in [4.78, 5) is 24.3. The van der Waals surface area contributed by atoms with Crippen LogP contribution < -0.4 is 10.6 Å². The van der Waals surface area contributed by atoms with E-state index in [2.05, 4.69) is 15.7 Å². The van der Waals surface area contributed by atoms with E-state index in [0.717, 1.165) is 5.56 Å². The van der Waals surface area contributed by atoms with Gasteiger partial charge in [0, 0.05) is 18.7 Å². The summed E-state index contributed by atoms with van der Waals surface area (Å²) >= 11 is 0. The largest absolute Gasteiger partial charge is 0.347 e. The Labute approximate surface area is 141 Å². The molecule has 2 aromatic rings. The molecule has 2 heterocycles. The molecule has 0 bridgehead atoms. The molecule has 6 nitrogen and oxygen atoms in total. The smallest absolute Gasteiger partial charge is 0.272 e. The molecule has 0 spiro atoms. The molecule has 1 fully saturated rings. The number of nitrogens with zero attached hydrogens (tertiary/aromatic N) is 2. The molecule has 0 unspecified atom stereocenters. The molecular formula is C18H22N4O2. The quantitative estimate of drug-likeness (QED) is 0.904. The molecular weight excluding hydrogens is 304 g/mol. The minimum atomic E-state index is -0.219. The number of rotatable bonds is 4. The van der Waals surface area contributed by atoms with Crippen LogP contribution in [0.2, 0.25) is 0 Å². The van der Waals surface area contributed by atoms with Gasteiger partial charge in [0.05, 0.1) is 12.1 Å². The van der Waals surface area contributed by atoms with Gasteiger partial charge in [-0.2, -0.15) is 5.10 Å². The number of aromatic nitrogens is 2. The van der Waals surface area contributed by atoms with Crippen LogP contribution in [0.15, 0.2) is 42.6 Å². The van der Waals surface area contributed by atoms with E-state index in [4.69, 9.17) is 0 Å². The van der Waals surface area contributed by atoms with Crippen molar-refractivity contribution < 1.29 is 9.59 Å². The molecule has 3 rings (SSSR count). The Bertz CT molecular complexity index is 724. The highest BCUT2D eigenvalue weighted by Crippen LogP contribution is 2.24. The molecule has 1 aliphatic heterocycles. The topological polar surface area (TPSA) is 76.0 Å². The summed E-state index contributed by atoms with van der Waals surface area (Å²) in [7, 11) is 0. The van der Waals surface area contributed by atoms with E-state index in [1.807, 2.05) is 44.2 Å². The van der Waals surface area contributed by atoms with Crippen molar-refractivity contribution in [2.24, 2.45) is 0 Å². The average Bonchev–Trinajstić information content (AvgIpc) is 3.08. The van der Waals surface area contributed by atoms with Crippen LogP contribution in [0.5, 0.6) is 0 Å². The number of amides is 2. The zero-order chi connectivity index (χ0) is 17.1. The van der Waals surface area contributed by atoms with E-state index in [0.29, 0.717) is 18.5 Å². The third kappa shape index (κ3) is 3.48. The molecule has 2 atom stereocenters. The first-order valence-electron chi connectivity index (χ1n) is 8.25. The molecule has 1 aromatic heterocycles. The third-order valence-corrected chi connectivity index (χ3v) is 4.25. The van der Waals surface area contributed by atoms with Gasteiger partial charge in [-0.05, 0) is 31.9 Å². The molecule has 0 saturated carbocycles. The Hall–Kier alpha value is -2.63. The van der Waals surface area contributed by atoms with Gasteiger partial charge < -0.3 is 10.6 Å². The van der Waals surface area contributed by atoms with Gasteiger partial charge in [0.15, 0.2) is 0 Å². The minimum Gasteiger partial charge on any atom is -0.347 e. The number of hydrogen-bond donors (Lipinski definition) is 2. The lowest BCUT2D eigenvalue weighted by Crippen LogP contribution is -2.50.